The van der Waals surface area contributed by atoms with E-state index >= 15 is 0 Å². The molecule has 5 heteroatoms. The Kier molecular flexibility index (Phi) is 3.21. The van der Waals surface area contributed by atoms with Gasteiger partial charge in [-0.05, 0) is 12.5 Å². The van der Waals surface area contributed by atoms with E-state index in [4.69, 9.17) is 4.74 Å². The van der Waals surface area contributed by atoms with Gasteiger partial charge in [-0.15, -0.1) is 0 Å². The van der Waals surface area contributed by atoms with Crippen LogP contribution in [0.25, 0.3) is 0 Å². The van der Waals surface area contributed by atoms with Crippen molar-refractivity contribution in [1.29, 1.82) is 0 Å². The second-order valence-corrected chi connectivity index (χ2v) is 6.76. The van der Waals surface area contributed by atoms with Crippen LogP contribution in [0.5, 0.6) is 0 Å². The summed E-state index contributed by atoms with van der Waals surface area (Å²) in [6.07, 6.45) is -0.276. The molecule has 4 atom stereocenters. The lowest BCUT2D eigenvalue weighted by Crippen LogP contribution is -2.81. The van der Waals surface area contributed by atoms with Gasteiger partial charge in [-0.3, -0.25) is 0 Å². The summed E-state index contributed by atoms with van der Waals surface area (Å²) < 4.78 is 5.39. The Hall–Kier alpha value is -0.820. The van der Waals surface area contributed by atoms with Crippen molar-refractivity contribution < 1.29 is 14.6 Å². The van der Waals surface area contributed by atoms with E-state index in [2.05, 4.69) is 22.6 Å². The third-order valence-electron chi connectivity index (χ3n) is 4.21. The van der Waals surface area contributed by atoms with Gasteiger partial charge in [-0.2, -0.15) is 0 Å². The van der Waals surface area contributed by atoms with E-state index in [1.54, 1.807) is 4.90 Å². The van der Waals surface area contributed by atoms with E-state index in [0.717, 1.165) is 5.56 Å². The number of carbonyl (C=O) groups excluding carboxylic acids is 1. The minimum absolute atomic E-state index is 0.0909. The van der Waals surface area contributed by atoms with Crippen molar-refractivity contribution in [3.8, 4) is 0 Å². The summed E-state index contributed by atoms with van der Waals surface area (Å²) in [5.74, 6) is 0.207. The van der Waals surface area contributed by atoms with Crippen molar-refractivity contribution in [2.24, 2.45) is 5.92 Å². The summed E-state index contributed by atoms with van der Waals surface area (Å²) >= 11 is 2.22. The van der Waals surface area contributed by atoms with Gasteiger partial charge in [0, 0.05) is 12.5 Å². The molecule has 1 aromatic rings. The molecule has 1 unspecified atom stereocenters. The van der Waals surface area contributed by atoms with Crippen molar-refractivity contribution in [1.82, 2.24) is 4.90 Å². The number of fused-ring (bicyclic) bond motifs is 1. The van der Waals surface area contributed by atoms with Crippen LogP contribution >= 0.6 is 22.6 Å². The van der Waals surface area contributed by atoms with Crippen LogP contribution in [-0.2, 0) is 11.3 Å². The molecule has 2 fully saturated rings. The molecular formula is C14H16INO3. The van der Waals surface area contributed by atoms with Gasteiger partial charge in [-0.1, -0.05) is 52.9 Å². The summed E-state index contributed by atoms with van der Waals surface area (Å²) in [6, 6.07) is 9.78. The first-order chi connectivity index (χ1) is 9.01. The SMILES string of the molecule is C[C@@]1(O)C(I)[C@H]2[C@@H]1CN2C(=O)OCc1ccccc1. The van der Waals surface area contributed by atoms with Crippen LogP contribution < -0.4 is 0 Å². The van der Waals surface area contributed by atoms with Crippen LogP contribution in [0.2, 0.25) is 0 Å². The number of hydrogen-bond donors (Lipinski definition) is 1. The fourth-order valence-electron chi connectivity index (χ4n) is 2.84. The number of hydrogen-bond acceptors (Lipinski definition) is 3. The molecule has 1 saturated carbocycles. The highest BCUT2D eigenvalue weighted by atomic mass is 127. The van der Waals surface area contributed by atoms with Gasteiger partial charge in [0.2, 0.25) is 0 Å². The number of nitrogens with zero attached hydrogens (tertiary/aromatic N) is 1. The molecule has 19 heavy (non-hydrogen) atoms. The van der Waals surface area contributed by atoms with Gasteiger partial charge in [0.1, 0.15) is 6.61 Å². The molecule has 4 nitrogen and oxygen atoms in total. The Morgan fingerprint density at radius 1 is 1.53 bits per heavy atom. The van der Waals surface area contributed by atoms with Crippen LogP contribution in [0.1, 0.15) is 12.5 Å². The summed E-state index contributed by atoms with van der Waals surface area (Å²) in [7, 11) is 0. The molecule has 1 aliphatic carbocycles. The molecule has 3 rings (SSSR count). The highest BCUT2D eigenvalue weighted by molar-refractivity contribution is 14.1. The zero-order valence-corrected chi connectivity index (χ0v) is 12.8. The first-order valence-corrected chi connectivity index (χ1v) is 7.60. The number of ether oxygens (including phenoxy) is 1. The monoisotopic (exact) mass is 373 g/mol. The number of carbonyl (C=O) groups is 1. The first kappa shape index (κ1) is 13.2. The number of rotatable bonds is 2. The molecule has 1 aliphatic heterocycles. The van der Waals surface area contributed by atoms with Gasteiger partial charge in [0.25, 0.3) is 0 Å². The third kappa shape index (κ3) is 2.03. The van der Waals surface area contributed by atoms with Crippen LogP contribution in [0, 0.1) is 5.92 Å². The topological polar surface area (TPSA) is 49.8 Å². The van der Waals surface area contributed by atoms with E-state index < -0.39 is 5.60 Å². The molecule has 1 aromatic carbocycles. The molecule has 1 heterocycles. The lowest BCUT2D eigenvalue weighted by Gasteiger charge is -2.65. The summed E-state index contributed by atoms with van der Waals surface area (Å²) in [5.41, 5.74) is 0.348. The van der Waals surface area contributed by atoms with E-state index in [1.165, 1.54) is 0 Å². The quantitative estimate of drug-likeness (QED) is 0.639. The van der Waals surface area contributed by atoms with Gasteiger partial charge >= 0.3 is 6.09 Å². The maximum Gasteiger partial charge on any atom is 0.410 e. The van der Waals surface area contributed by atoms with Crippen LogP contribution in [0.4, 0.5) is 4.79 Å². The average molecular weight is 373 g/mol. The number of aliphatic hydroxyl groups is 1. The van der Waals surface area contributed by atoms with E-state index in [9.17, 15) is 9.90 Å². The number of alkyl halides is 1. The van der Waals surface area contributed by atoms with Crippen molar-refractivity contribution in [3.63, 3.8) is 0 Å². The lowest BCUT2D eigenvalue weighted by molar-refractivity contribution is -0.185. The Balaban J connectivity index is 1.54. The minimum Gasteiger partial charge on any atom is -0.445 e. The predicted octanol–water partition coefficient (Wildman–Crippen LogP) is 2.19. The Morgan fingerprint density at radius 3 is 2.84 bits per heavy atom. The molecule has 0 bridgehead atoms. The zero-order valence-electron chi connectivity index (χ0n) is 10.6. The molecular weight excluding hydrogens is 357 g/mol. The smallest absolute Gasteiger partial charge is 0.410 e. The lowest BCUT2D eigenvalue weighted by atomic mass is 9.60. The molecule has 1 N–H and O–H groups in total. The van der Waals surface area contributed by atoms with E-state index in [0.29, 0.717) is 13.2 Å². The largest absolute Gasteiger partial charge is 0.445 e. The summed E-state index contributed by atoms with van der Waals surface area (Å²) in [6.45, 7) is 2.75. The second kappa shape index (κ2) is 4.63. The van der Waals surface area contributed by atoms with Crippen LogP contribution in [0.15, 0.2) is 30.3 Å². The van der Waals surface area contributed by atoms with E-state index in [1.807, 2.05) is 37.3 Å². The van der Waals surface area contributed by atoms with Crippen molar-refractivity contribution >= 4 is 28.7 Å². The molecule has 102 valence electrons. The van der Waals surface area contributed by atoms with E-state index in [-0.39, 0.29) is 22.0 Å². The fourth-order valence-corrected chi connectivity index (χ4v) is 4.19. The van der Waals surface area contributed by atoms with Gasteiger partial charge in [0.15, 0.2) is 0 Å². The standard InChI is InChI=1S/C14H16INO3/c1-14(18)10-7-16(11(10)12(14)15)13(17)19-8-9-5-3-2-4-6-9/h2-6,10-12,18H,7-8H2,1H3/t10-,11+,12?,14-/m0/s1. The minimum atomic E-state index is -0.637. The maximum absolute atomic E-state index is 12.0. The Labute approximate surface area is 125 Å². The molecule has 1 amide bonds. The third-order valence-corrected chi connectivity index (χ3v) is 6.21. The number of benzene rings is 1. The number of piperidine rings is 1. The van der Waals surface area contributed by atoms with Crippen LogP contribution in [0.3, 0.4) is 0 Å². The Morgan fingerprint density at radius 2 is 2.21 bits per heavy atom. The van der Waals surface area contributed by atoms with Gasteiger partial charge in [0.05, 0.1) is 15.6 Å². The van der Waals surface area contributed by atoms with Crippen molar-refractivity contribution in [3.05, 3.63) is 35.9 Å². The highest BCUT2D eigenvalue weighted by Crippen LogP contribution is 2.53. The maximum atomic E-state index is 12.0. The number of likely N-dealkylation sites (tertiary alicyclic amines) is 1. The molecule has 0 radical (unpaired) electrons. The van der Waals surface area contributed by atoms with Crippen LogP contribution in [-0.4, -0.2) is 38.2 Å². The van der Waals surface area contributed by atoms with Crippen molar-refractivity contribution in [2.45, 2.75) is 29.1 Å². The molecule has 2 aliphatic rings. The second-order valence-electron chi connectivity index (χ2n) is 5.42. The zero-order chi connectivity index (χ0) is 13.6. The Bertz CT molecular complexity index is 483. The number of amides is 1. The number of halogens is 1. The van der Waals surface area contributed by atoms with Gasteiger partial charge in [-0.25, -0.2) is 4.79 Å². The van der Waals surface area contributed by atoms with Gasteiger partial charge < -0.3 is 14.7 Å². The predicted molar refractivity (Wildman–Crippen MR) is 79.0 cm³/mol. The summed E-state index contributed by atoms with van der Waals surface area (Å²) in [4.78, 5) is 13.7. The molecule has 1 saturated heterocycles. The molecule has 0 aromatic heterocycles. The summed E-state index contributed by atoms with van der Waals surface area (Å²) in [5, 5.41) is 10.1. The average Bonchev–Trinajstić information content (AvgIpc) is 2.36. The first-order valence-electron chi connectivity index (χ1n) is 6.35. The normalized spacial score (nSPS) is 35.9. The highest BCUT2D eigenvalue weighted by Gasteiger charge is 2.67. The molecule has 0 spiro atoms. The van der Waals surface area contributed by atoms with Crippen molar-refractivity contribution in [2.75, 3.05) is 6.54 Å². The fraction of sp³-hybridized carbons (Fsp3) is 0.500.